The zero-order valence-electron chi connectivity index (χ0n) is 12.1. The second-order valence-electron chi connectivity index (χ2n) is 5.24. The molecular weight excluding hydrogens is 252 g/mol. The number of amides is 1. The van der Waals surface area contributed by atoms with E-state index >= 15 is 0 Å². The van der Waals surface area contributed by atoms with Crippen molar-refractivity contribution in [1.82, 2.24) is 10.2 Å². The molecule has 1 fully saturated rings. The minimum atomic E-state index is -0.0247. The molecule has 0 spiro atoms. The zero-order chi connectivity index (χ0) is 14.4. The summed E-state index contributed by atoms with van der Waals surface area (Å²) in [6.45, 7) is 5.48. The van der Waals surface area contributed by atoms with Crippen molar-refractivity contribution in [2.75, 3.05) is 51.2 Å². The van der Waals surface area contributed by atoms with Crippen LogP contribution < -0.4 is 16.0 Å². The van der Waals surface area contributed by atoms with E-state index in [1.807, 2.05) is 24.3 Å². The van der Waals surface area contributed by atoms with Gasteiger partial charge in [0.15, 0.2) is 0 Å². The topological polar surface area (TPSA) is 61.6 Å². The number of nitrogens with two attached hydrogens (primary N) is 1. The van der Waals surface area contributed by atoms with Crippen LogP contribution in [0.15, 0.2) is 24.3 Å². The summed E-state index contributed by atoms with van der Waals surface area (Å²) in [6, 6.07) is 7.85. The molecular formula is C15H24N4O. The first-order valence-corrected chi connectivity index (χ1v) is 7.22. The van der Waals surface area contributed by atoms with E-state index in [-0.39, 0.29) is 5.91 Å². The zero-order valence-corrected chi connectivity index (χ0v) is 12.1. The number of nitrogens with one attached hydrogen (secondary N) is 1. The van der Waals surface area contributed by atoms with Crippen molar-refractivity contribution >= 4 is 11.6 Å². The van der Waals surface area contributed by atoms with Crippen LogP contribution in [0, 0.1) is 0 Å². The molecule has 1 saturated heterocycles. The minimum absolute atomic E-state index is 0.0247. The molecule has 110 valence electrons. The first-order chi connectivity index (χ1) is 9.70. The molecule has 0 radical (unpaired) electrons. The summed E-state index contributed by atoms with van der Waals surface area (Å²) in [4.78, 5) is 16.6. The molecule has 0 bridgehead atoms. The van der Waals surface area contributed by atoms with Crippen LogP contribution in [0.1, 0.15) is 16.8 Å². The van der Waals surface area contributed by atoms with E-state index in [0.717, 1.165) is 32.6 Å². The monoisotopic (exact) mass is 276 g/mol. The highest BCUT2D eigenvalue weighted by Gasteiger charge is 2.14. The molecule has 2 rings (SSSR count). The second kappa shape index (κ2) is 7.26. The maximum absolute atomic E-state index is 11.9. The van der Waals surface area contributed by atoms with E-state index in [1.54, 1.807) is 0 Å². The summed E-state index contributed by atoms with van der Waals surface area (Å²) >= 11 is 0. The molecule has 1 aliphatic heterocycles. The van der Waals surface area contributed by atoms with Crippen LogP contribution in [0.25, 0.3) is 0 Å². The Morgan fingerprint density at radius 2 is 1.85 bits per heavy atom. The molecule has 0 aliphatic carbocycles. The predicted molar refractivity (Wildman–Crippen MR) is 82.2 cm³/mol. The molecule has 1 heterocycles. The van der Waals surface area contributed by atoms with Crippen LogP contribution in [0.4, 0.5) is 5.69 Å². The van der Waals surface area contributed by atoms with Gasteiger partial charge in [0.2, 0.25) is 0 Å². The summed E-state index contributed by atoms with van der Waals surface area (Å²) in [5.74, 6) is -0.0247. The van der Waals surface area contributed by atoms with Gasteiger partial charge in [-0.05, 0) is 44.3 Å². The van der Waals surface area contributed by atoms with E-state index < -0.39 is 0 Å². The van der Waals surface area contributed by atoms with Crippen molar-refractivity contribution in [2.45, 2.75) is 6.42 Å². The number of nitrogens with zero attached hydrogens (tertiary/aromatic N) is 2. The fraction of sp³-hybridized carbons (Fsp3) is 0.533. The third kappa shape index (κ3) is 3.95. The van der Waals surface area contributed by atoms with Crippen molar-refractivity contribution in [2.24, 2.45) is 5.73 Å². The van der Waals surface area contributed by atoms with Gasteiger partial charge in [0.1, 0.15) is 0 Å². The molecule has 0 aromatic heterocycles. The number of hydrogen-bond acceptors (Lipinski definition) is 4. The Bertz CT molecular complexity index is 424. The van der Waals surface area contributed by atoms with Gasteiger partial charge in [0, 0.05) is 44.0 Å². The molecule has 1 aromatic carbocycles. The molecule has 20 heavy (non-hydrogen) atoms. The van der Waals surface area contributed by atoms with Gasteiger partial charge in [-0.15, -0.1) is 0 Å². The number of benzene rings is 1. The highest BCUT2D eigenvalue weighted by Crippen LogP contribution is 2.17. The van der Waals surface area contributed by atoms with E-state index in [9.17, 15) is 4.79 Å². The van der Waals surface area contributed by atoms with Gasteiger partial charge < -0.3 is 20.9 Å². The fourth-order valence-electron chi connectivity index (χ4n) is 2.29. The van der Waals surface area contributed by atoms with Crippen molar-refractivity contribution in [1.29, 1.82) is 0 Å². The molecule has 0 atom stereocenters. The predicted octanol–water partition coefficient (Wildman–Crippen LogP) is 0.517. The number of piperazine rings is 1. The van der Waals surface area contributed by atoms with Crippen LogP contribution in [-0.2, 0) is 0 Å². The first kappa shape index (κ1) is 14.8. The lowest BCUT2D eigenvalue weighted by Crippen LogP contribution is -2.44. The summed E-state index contributed by atoms with van der Waals surface area (Å²) < 4.78 is 0. The highest BCUT2D eigenvalue weighted by atomic mass is 16.1. The highest BCUT2D eigenvalue weighted by molar-refractivity contribution is 5.94. The van der Waals surface area contributed by atoms with Crippen LogP contribution in [0.5, 0.6) is 0 Å². The minimum Gasteiger partial charge on any atom is -0.369 e. The SMILES string of the molecule is CN1CCN(c2ccc(C(=O)NCCCN)cc2)CC1. The van der Waals surface area contributed by atoms with Crippen molar-refractivity contribution < 1.29 is 4.79 Å². The number of rotatable bonds is 5. The Morgan fingerprint density at radius 1 is 1.20 bits per heavy atom. The maximum Gasteiger partial charge on any atom is 0.251 e. The van der Waals surface area contributed by atoms with Gasteiger partial charge in [-0.1, -0.05) is 0 Å². The van der Waals surface area contributed by atoms with Crippen molar-refractivity contribution in [3.05, 3.63) is 29.8 Å². The summed E-state index contributed by atoms with van der Waals surface area (Å²) in [6.07, 6.45) is 0.811. The normalized spacial score (nSPS) is 16.2. The largest absolute Gasteiger partial charge is 0.369 e. The van der Waals surface area contributed by atoms with Crippen LogP contribution in [0.2, 0.25) is 0 Å². The van der Waals surface area contributed by atoms with E-state index in [2.05, 4.69) is 22.2 Å². The van der Waals surface area contributed by atoms with E-state index in [4.69, 9.17) is 5.73 Å². The summed E-state index contributed by atoms with van der Waals surface area (Å²) in [7, 11) is 2.14. The lowest BCUT2D eigenvalue weighted by Gasteiger charge is -2.34. The molecule has 1 aliphatic rings. The smallest absolute Gasteiger partial charge is 0.251 e. The number of likely N-dealkylation sites (N-methyl/N-ethyl adjacent to an activating group) is 1. The molecule has 3 N–H and O–H groups in total. The van der Waals surface area contributed by atoms with Crippen molar-refractivity contribution in [3.63, 3.8) is 0 Å². The number of hydrogen-bond donors (Lipinski definition) is 2. The Kier molecular flexibility index (Phi) is 5.38. The third-order valence-electron chi connectivity index (χ3n) is 3.66. The molecule has 0 unspecified atom stereocenters. The Balaban J connectivity index is 1.90. The van der Waals surface area contributed by atoms with Crippen LogP contribution in [-0.4, -0.2) is 57.1 Å². The average Bonchev–Trinajstić information content (AvgIpc) is 2.48. The quantitative estimate of drug-likeness (QED) is 0.770. The molecule has 5 heteroatoms. The molecule has 0 saturated carbocycles. The summed E-state index contributed by atoms with van der Waals surface area (Å²) in [5, 5.41) is 2.87. The number of anilines is 1. The Morgan fingerprint density at radius 3 is 2.45 bits per heavy atom. The maximum atomic E-state index is 11.9. The van der Waals surface area contributed by atoms with Gasteiger partial charge in [-0.25, -0.2) is 0 Å². The lowest BCUT2D eigenvalue weighted by atomic mass is 10.1. The standard InChI is InChI=1S/C15H24N4O/c1-18-9-11-19(12-10-18)14-5-3-13(4-6-14)15(20)17-8-2-7-16/h3-6H,2,7-12,16H2,1H3,(H,17,20). The van der Waals surface area contributed by atoms with Gasteiger partial charge in [-0.3, -0.25) is 4.79 Å². The van der Waals surface area contributed by atoms with Crippen molar-refractivity contribution in [3.8, 4) is 0 Å². The molecule has 5 nitrogen and oxygen atoms in total. The second-order valence-corrected chi connectivity index (χ2v) is 5.24. The lowest BCUT2D eigenvalue weighted by molar-refractivity contribution is 0.0953. The Hall–Kier alpha value is -1.59. The number of carbonyl (C=O) groups excluding carboxylic acids is 1. The third-order valence-corrected chi connectivity index (χ3v) is 3.66. The van der Waals surface area contributed by atoms with Gasteiger partial charge in [0.25, 0.3) is 5.91 Å². The van der Waals surface area contributed by atoms with Gasteiger partial charge >= 0.3 is 0 Å². The molecule has 1 amide bonds. The average molecular weight is 276 g/mol. The first-order valence-electron chi connectivity index (χ1n) is 7.22. The van der Waals surface area contributed by atoms with E-state index in [1.165, 1.54) is 5.69 Å². The molecule has 1 aromatic rings. The van der Waals surface area contributed by atoms with E-state index in [0.29, 0.717) is 18.7 Å². The number of carbonyl (C=O) groups is 1. The van der Waals surface area contributed by atoms with Crippen LogP contribution in [0.3, 0.4) is 0 Å². The van der Waals surface area contributed by atoms with Crippen LogP contribution >= 0.6 is 0 Å². The Labute approximate surface area is 120 Å². The summed E-state index contributed by atoms with van der Waals surface area (Å²) in [5.41, 5.74) is 7.30. The van der Waals surface area contributed by atoms with Gasteiger partial charge in [0.05, 0.1) is 0 Å². The fourth-order valence-corrected chi connectivity index (χ4v) is 2.29. The van der Waals surface area contributed by atoms with Gasteiger partial charge in [-0.2, -0.15) is 0 Å².